The van der Waals surface area contributed by atoms with Gasteiger partial charge in [-0.1, -0.05) is 19.9 Å². The standard InChI is InChI=1S/C25H37NO11/c1-14(2)13-32-23(29)35-17(7)12-26-19(22(27)28)10-18-8-9-20(36-24(30)33-15(3)4)21(11-18)37-25(31)34-16(5)6/h8-9,11,14-17,19,26H,10,12-13H2,1-7H3,(H,27,28)/t17?,19-/m0/s1. The summed E-state index contributed by atoms with van der Waals surface area (Å²) in [4.78, 5) is 47.5. The Morgan fingerprint density at radius 3 is 1.89 bits per heavy atom. The molecule has 37 heavy (non-hydrogen) atoms. The van der Waals surface area contributed by atoms with E-state index in [4.69, 9.17) is 28.4 Å². The molecule has 0 spiro atoms. The molecule has 0 aliphatic carbocycles. The van der Waals surface area contributed by atoms with Crippen molar-refractivity contribution in [3.63, 3.8) is 0 Å². The molecule has 208 valence electrons. The van der Waals surface area contributed by atoms with E-state index in [0.717, 1.165) is 0 Å². The highest BCUT2D eigenvalue weighted by atomic mass is 16.8. The van der Waals surface area contributed by atoms with E-state index >= 15 is 0 Å². The van der Waals surface area contributed by atoms with Crippen molar-refractivity contribution in [3.8, 4) is 11.5 Å². The SMILES string of the molecule is CC(C)COC(=O)OC(C)CN[C@@H](Cc1ccc(OC(=O)OC(C)C)c(OC(=O)OC(C)C)c1)C(=O)O. The highest BCUT2D eigenvalue weighted by molar-refractivity contribution is 5.74. The van der Waals surface area contributed by atoms with Crippen molar-refractivity contribution < 1.29 is 52.7 Å². The second kappa shape index (κ2) is 15.5. The summed E-state index contributed by atoms with van der Waals surface area (Å²) in [5.41, 5.74) is 0.446. The molecule has 12 nitrogen and oxygen atoms in total. The minimum atomic E-state index is -1.16. The van der Waals surface area contributed by atoms with E-state index in [9.17, 15) is 24.3 Å². The summed E-state index contributed by atoms with van der Waals surface area (Å²) in [5, 5.41) is 12.5. The van der Waals surface area contributed by atoms with Crippen LogP contribution in [0.2, 0.25) is 0 Å². The van der Waals surface area contributed by atoms with Crippen molar-refractivity contribution >= 4 is 24.4 Å². The van der Waals surface area contributed by atoms with Crippen LogP contribution in [-0.2, 0) is 30.2 Å². The largest absolute Gasteiger partial charge is 0.514 e. The molecule has 1 aromatic rings. The van der Waals surface area contributed by atoms with Crippen molar-refractivity contribution in [2.45, 2.75) is 79.2 Å². The zero-order valence-electron chi connectivity index (χ0n) is 22.3. The van der Waals surface area contributed by atoms with Gasteiger partial charge in [0.1, 0.15) is 12.1 Å². The minimum Gasteiger partial charge on any atom is -0.480 e. The van der Waals surface area contributed by atoms with Crippen LogP contribution in [-0.4, -0.2) is 67.0 Å². The zero-order chi connectivity index (χ0) is 28.1. The molecule has 0 saturated heterocycles. The lowest BCUT2D eigenvalue weighted by Crippen LogP contribution is -2.42. The van der Waals surface area contributed by atoms with Crippen LogP contribution < -0.4 is 14.8 Å². The third-order valence-corrected chi connectivity index (χ3v) is 4.28. The Morgan fingerprint density at radius 2 is 1.38 bits per heavy atom. The number of nitrogens with one attached hydrogen (secondary N) is 1. The van der Waals surface area contributed by atoms with Gasteiger partial charge < -0.3 is 38.8 Å². The Kier molecular flexibility index (Phi) is 13.2. The average molecular weight is 528 g/mol. The fraction of sp³-hybridized carbons (Fsp3) is 0.600. The Bertz CT molecular complexity index is 914. The maximum atomic E-state index is 12.1. The van der Waals surface area contributed by atoms with Gasteiger partial charge >= 0.3 is 24.4 Å². The Balaban J connectivity index is 2.94. The summed E-state index contributed by atoms with van der Waals surface area (Å²) >= 11 is 0. The van der Waals surface area contributed by atoms with Crippen molar-refractivity contribution in [3.05, 3.63) is 23.8 Å². The third kappa shape index (κ3) is 13.4. The molecule has 0 aliphatic rings. The summed E-state index contributed by atoms with van der Waals surface area (Å²) in [6.07, 6.45) is -4.46. The van der Waals surface area contributed by atoms with E-state index in [0.29, 0.717) is 5.56 Å². The Morgan fingerprint density at radius 1 is 0.811 bits per heavy atom. The zero-order valence-corrected chi connectivity index (χ0v) is 22.3. The van der Waals surface area contributed by atoms with E-state index in [1.54, 1.807) is 34.6 Å². The number of rotatable bonds is 13. The number of carbonyl (C=O) groups is 4. The molecule has 0 fully saturated rings. The van der Waals surface area contributed by atoms with Gasteiger partial charge in [-0.2, -0.15) is 0 Å². The molecule has 1 aromatic carbocycles. The van der Waals surface area contributed by atoms with Crippen molar-refractivity contribution in [2.75, 3.05) is 13.2 Å². The van der Waals surface area contributed by atoms with Gasteiger partial charge in [0.05, 0.1) is 18.8 Å². The first-order valence-electron chi connectivity index (χ1n) is 12.0. The Hall–Kier alpha value is -3.54. The topological polar surface area (TPSA) is 156 Å². The molecule has 0 amide bonds. The van der Waals surface area contributed by atoms with Crippen LogP contribution >= 0.6 is 0 Å². The molecular weight excluding hydrogens is 490 g/mol. The van der Waals surface area contributed by atoms with Crippen LogP contribution in [0.3, 0.4) is 0 Å². The molecular formula is C25H37NO11. The predicted octanol–water partition coefficient (Wildman–Crippen LogP) is 4.32. The van der Waals surface area contributed by atoms with E-state index in [1.807, 2.05) is 13.8 Å². The van der Waals surface area contributed by atoms with Crippen molar-refractivity contribution in [1.29, 1.82) is 0 Å². The van der Waals surface area contributed by atoms with Crippen LogP contribution in [0.5, 0.6) is 11.5 Å². The molecule has 1 rings (SSSR count). The molecule has 2 N–H and O–H groups in total. The van der Waals surface area contributed by atoms with Crippen LogP contribution in [0.15, 0.2) is 18.2 Å². The number of carboxylic acid groups (broad SMARTS) is 1. The second-order valence-corrected chi connectivity index (χ2v) is 9.20. The fourth-order valence-electron chi connectivity index (χ4n) is 2.72. The first-order valence-corrected chi connectivity index (χ1v) is 12.0. The molecule has 1 unspecified atom stereocenters. The summed E-state index contributed by atoms with van der Waals surface area (Å²) in [5.74, 6) is -1.28. The van der Waals surface area contributed by atoms with Gasteiger partial charge in [0.15, 0.2) is 11.5 Å². The number of hydrogen-bond acceptors (Lipinski definition) is 11. The van der Waals surface area contributed by atoms with Crippen molar-refractivity contribution in [2.24, 2.45) is 5.92 Å². The predicted molar refractivity (Wildman–Crippen MR) is 131 cm³/mol. The molecule has 0 aliphatic heterocycles. The van der Waals surface area contributed by atoms with Gasteiger partial charge in [-0.3, -0.25) is 4.79 Å². The summed E-state index contributed by atoms with van der Waals surface area (Å²) in [6.45, 7) is 12.2. The van der Waals surface area contributed by atoms with Crippen LogP contribution in [0, 0.1) is 5.92 Å². The van der Waals surface area contributed by atoms with Gasteiger partial charge in [0.2, 0.25) is 0 Å². The molecule has 0 saturated carbocycles. The molecule has 0 aromatic heterocycles. The van der Waals surface area contributed by atoms with Gasteiger partial charge in [-0.25, -0.2) is 14.4 Å². The van der Waals surface area contributed by atoms with E-state index in [2.05, 4.69) is 5.32 Å². The number of carboxylic acids is 1. The second-order valence-electron chi connectivity index (χ2n) is 9.20. The van der Waals surface area contributed by atoms with Crippen LogP contribution in [0.25, 0.3) is 0 Å². The molecule has 12 heteroatoms. The molecule has 2 atom stereocenters. The fourth-order valence-corrected chi connectivity index (χ4v) is 2.72. The van der Waals surface area contributed by atoms with Gasteiger partial charge in [0.25, 0.3) is 0 Å². The maximum Gasteiger partial charge on any atom is 0.514 e. The number of ether oxygens (including phenoxy) is 6. The summed E-state index contributed by atoms with van der Waals surface area (Å²) in [6, 6.07) is 3.15. The lowest BCUT2D eigenvalue weighted by Gasteiger charge is -2.19. The minimum absolute atomic E-state index is 0.0356. The first-order chi connectivity index (χ1) is 17.3. The number of carbonyl (C=O) groups excluding carboxylic acids is 3. The normalized spacial score (nSPS) is 12.6. The lowest BCUT2D eigenvalue weighted by atomic mass is 10.0. The van der Waals surface area contributed by atoms with Gasteiger partial charge in [0, 0.05) is 6.54 Å². The van der Waals surface area contributed by atoms with E-state index in [-0.39, 0.29) is 37.0 Å². The van der Waals surface area contributed by atoms with Crippen molar-refractivity contribution in [1.82, 2.24) is 5.32 Å². The van der Waals surface area contributed by atoms with E-state index < -0.39 is 48.8 Å². The number of benzene rings is 1. The first kappa shape index (κ1) is 31.5. The maximum absolute atomic E-state index is 12.1. The number of aliphatic carboxylic acids is 1. The Labute approximate surface area is 216 Å². The summed E-state index contributed by atoms with van der Waals surface area (Å²) in [7, 11) is 0. The van der Waals surface area contributed by atoms with Gasteiger partial charge in [-0.05, 0) is 64.7 Å². The lowest BCUT2D eigenvalue weighted by molar-refractivity contribution is -0.139. The highest BCUT2D eigenvalue weighted by Crippen LogP contribution is 2.30. The molecule has 0 heterocycles. The van der Waals surface area contributed by atoms with Crippen LogP contribution in [0.4, 0.5) is 14.4 Å². The van der Waals surface area contributed by atoms with Gasteiger partial charge in [-0.15, -0.1) is 0 Å². The molecule has 0 radical (unpaired) electrons. The van der Waals surface area contributed by atoms with E-state index in [1.165, 1.54) is 18.2 Å². The molecule has 0 bridgehead atoms. The smallest absolute Gasteiger partial charge is 0.480 e. The highest BCUT2D eigenvalue weighted by Gasteiger charge is 2.23. The quantitative estimate of drug-likeness (QED) is 0.213. The monoisotopic (exact) mass is 527 g/mol. The average Bonchev–Trinajstić information content (AvgIpc) is 2.75. The third-order valence-electron chi connectivity index (χ3n) is 4.28. The van der Waals surface area contributed by atoms with Crippen LogP contribution in [0.1, 0.15) is 54.0 Å². The summed E-state index contributed by atoms with van der Waals surface area (Å²) < 4.78 is 30.3. The number of hydrogen-bond donors (Lipinski definition) is 2.